The van der Waals surface area contributed by atoms with Gasteiger partial charge in [0.2, 0.25) is 0 Å². The van der Waals surface area contributed by atoms with Crippen molar-refractivity contribution in [1.29, 1.82) is 0 Å². The molecule has 1 saturated heterocycles. The lowest BCUT2D eigenvalue weighted by Gasteiger charge is -2.43. The van der Waals surface area contributed by atoms with E-state index in [0.717, 1.165) is 18.9 Å². The zero-order valence-corrected chi connectivity index (χ0v) is 7.79. The Kier molecular flexibility index (Phi) is 2.37. The van der Waals surface area contributed by atoms with Crippen molar-refractivity contribution < 1.29 is 5.11 Å². The van der Waals surface area contributed by atoms with Gasteiger partial charge >= 0.3 is 0 Å². The Balaban J connectivity index is 2.03. The molecule has 0 aromatic heterocycles. The molecular formula is C10H19NO. The fourth-order valence-corrected chi connectivity index (χ4v) is 2.81. The largest absolute Gasteiger partial charge is 0.393 e. The Morgan fingerprint density at radius 1 is 1.25 bits per heavy atom. The normalized spacial score (nSPS) is 48.5. The molecule has 2 nitrogen and oxygen atoms in total. The molecule has 0 radical (unpaired) electrons. The van der Waals surface area contributed by atoms with Crippen molar-refractivity contribution in [2.75, 3.05) is 6.54 Å². The van der Waals surface area contributed by atoms with Gasteiger partial charge in [-0.05, 0) is 44.1 Å². The van der Waals surface area contributed by atoms with Crippen LogP contribution in [0.15, 0.2) is 0 Å². The highest BCUT2D eigenvalue weighted by atomic mass is 16.3. The Morgan fingerprint density at radius 2 is 2.08 bits per heavy atom. The maximum atomic E-state index is 9.68. The molecular weight excluding hydrogens is 150 g/mol. The van der Waals surface area contributed by atoms with Crippen molar-refractivity contribution in [2.24, 2.45) is 11.8 Å². The number of hydrogen-bond acceptors (Lipinski definition) is 2. The molecule has 0 aromatic rings. The number of piperidine rings is 1. The lowest BCUT2D eigenvalue weighted by Crippen LogP contribution is -2.51. The molecule has 1 heterocycles. The SMILES string of the molecule is CC1C(O)CCC2CCCNC21. The van der Waals surface area contributed by atoms with Crippen molar-refractivity contribution in [1.82, 2.24) is 5.32 Å². The van der Waals surface area contributed by atoms with Crippen molar-refractivity contribution in [3.63, 3.8) is 0 Å². The zero-order valence-electron chi connectivity index (χ0n) is 7.79. The van der Waals surface area contributed by atoms with E-state index in [2.05, 4.69) is 12.2 Å². The third-order valence-corrected chi connectivity index (χ3v) is 3.65. The molecule has 2 fully saturated rings. The van der Waals surface area contributed by atoms with E-state index in [1.807, 2.05) is 0 Å². The van der Waals surface area contributed by atoms with Crippen LogP contribution in [0.1, 0.15) is 32.6 Å². The first-order chi connectivity index (χ1) is 5.79. The zero-order chi connectivity index (χ0) is 8.55. The van der Waals surface area contributed by atoms with E-state index in [-0.39, 0.29) is 6.10 Å². The molecule has 2 aliphatic rings. The van der Waals surface area contributed by atoms with Gasteiger partial charge in [0, 0.05) is 6.04 Å². The van der Waals surface area contributed by atoms with Gasteiger partial charge < -0.3 is 10.4 Å². The minimum atomic E-state index is -0.0585. The van der Waals surface area contributed by atoms with Crippen LogP contribution in [0.5, 0.6) is 0 Å². The topological polar surface area (TPSA) is 32.3 Å². The average Bonchev–Trinajstić information content (AvgIpc) is 2.12. The van der Waals surface area contributed by atoms with E-state index in [4.69, 9.17) is 0 Å². The Labute approximate surface area is 74.4 Å². The smallest absolute Gasteiger partial charge is 0.0580 e. The van der Waals surface area contributed by atoms with Crippen LogP contribution < -0.4 is 5.32 Å². The monoisotopic (exact) mass is 169 g/mol. The summed E-state index contributed by atoms with van der Waals surface area (Å²) >= 11 is 0. The summed E-state index contributed by atoms with van der Waals surface area (Å²) in [4.78, 5) is 0. The average molecular weight is 169 g/mol. The molecule has 1 saturated carbocycles. The Morgan fingerprint density at radius 3 is 2.92 bits per heavy atom. The van der Waals surface area contributed by atoms with Gasteiger partial charge in [0.15, 0.2) is 0 Å². The number of aliphatic hydroxyl groups excluding tert-OH is 1. The van der Waals surface area contributed by atoms with Crippen LogP contribution in [-0.4, -0.2) is 23.8 Å². The Hall–Kier alpha value is -0.0800. The van der Waals surface area contributed by atoms with E-state index in [9.17, 15) is 5.11 Å². The van der Waals surface area contributed by atoms with E-state index in [1.165, 1.54) is 19.3 Å². The van der Waals surface area contributed by atoms with Crippen LogP contribution in [0.25, 0.3) is 0 Å². The predicted molar refractivity (Wildman–Crippen MR) is 48.9 cm³/mol. The maximum absolute atomic E-state index is 9.68. The maximum Gasteiger partial charge on any atom is 0.0580 e. The second-order valence-corrected chi connectivity index (χ2v) is 4.39. The predicted octanol–water partition coefficient (Wildman–Crippen LogP) is 1.15. The molecule has 1 aliphatic carbocycles. The van der Waals surface area contributed by atoms with Crippen LogP contribution in [0.3, 0.4) is 0 Å². The fourth-order valence-electron chi connectivity index (χ4n) is 2.81. The third-order valence-electron chi connectivity index (χ3n) is 3.65. The second-order valence-electron chi connectivity index (χ2n) is 4.39. The van der Waals surface area contributed by atoms with Gasteiger partial charge in [-0.1, -0.05) is 6.92 Å². The molecule has 2 heteroatoms. The summed E-state index contributed by atoms with van der Waals surface area (Å²) in [5.41, 5.74) is 0. The first kappa shape index (κ1) is 8.52. The summed E-state index contributed by atoms with van der Waals surface area (Å²) in [6.45, 7) is 3.33. The van der Waals surface area contributed by atoms with Crippen LogP contribution in [0, 0.1) is 11.8 Å². The molecule has 0 aromatic carbocycles. The van der Waals surface area contributed by atoms with Crippen molar-refractivity contribution in [2.45, 2.75) is 44.8 Å². The van der Waals surface area contributed by atoms with Crippen LogP contribution in [-0.2, 0) is 0 Å². The summed E-state index contributed by atoms with van der Waals surface area (Å²) in [6.07, 6.45) is 4.88. The highest BCUT2D eigenvalue weighted by Crippen LogP contribution is 2.34. The van der Waals surface area contributed by atoms with Gasteiger partial charge in [-0.2, -0.15) is 0 Å². The molecule has 70 valence electrons. The summed E-state index contributed by atoms with van der Waals surface area (Å²) < 4.78 is 0. The number of fused-ring (bicyclic) bond motifs is 1. The molecule has 0 bridgehead atoms. The van der Waals surface area contributed by atoms with Crippen molar-refractivity contribution in [3.05, 3.63) is 0 Å². The van der Waals surface area contributed by atoms with E-state index in [0.29, 0.717) is 12.0 Å². The summed E-state index contributed by atoms with van der Waals surface area (Å²) in [5.74, 6) is 1.31. The van der Waals surface area contributed by atoms with Crippen LogP contribution in [0.2, 0.25) is 0 Å². The van der Waals surface area contributed by atoms with Crippen LogP contribution in [0.4, 0.5) is 0 Å². The summed E-state index contributed by atoms with van der Waals surface area (Å²) in [6, 6.07) is 0.600. The number of aliphatic hydroxyl groups is 1. The fraction of sp³-hybridized carbons (Fsp3) is 1.00. The van der Waals surface area contributed by atoms with Gasteiger partial charge in [-0.25, -0.2) is 0 Å². The second kappa shape index (κ2) is 3.35. The van der Waals surface area contributed by atoms with E-state index >= 15 is 0 Å². The van der Waals surface area contributed by atoms with Gasteiger partial charge in [-0.3, -0.25) is 0 Å². The molecule has 1 aliphatic heterocycles. The van der Waals surface area contributed by atoms with Gasteiger partial charge in [0.05, 0.1) is 6.10 Å². The molecule has 2 rings (SSSR count). The summed E-state index contributed by atoms with van der Waals surface area (Å²) in [5, 5.41) is 13.2. The number of nitrogens with one attached hydrogen (secondary N) is 1. The lowest BCUT2D eigenvalue weighted by molar-refractivity contribution is 0.0186. The highest BCUT2D eigenvalue weighted by molar-refractivity contribution is 4.92. The van der Waals surface area contributed by atoms with Gasteiger partial charge in [-0.15, -0.1) is 0 Å². The molecule has 12 heavy (non-hydrogen) atoms. The quantitative estimate of drug-likeness (QED) is 0.570. The number of hydrogen-bond donors (Lipinski definition) is 2. The van der Waals surface area contributed by atoms with E-state index < -0.39 is 0 Å². The highest BCUT2D eigenvalue weighted by Gasteiger charge is 2.36. The van der Waals surface area contributed by atoms with Gasteiger partial charge in [0.25, 0.3) is 0 Å². The molecule has 4 unspecified atom stereocenters. The first-order valence-corrected chi connectivity index (χ1v) is 5.20. The first-order valence-electron chi connectivity index (χ1n) is 5.20. The van der Waals surface area contributed by atoms with Crippen LogP contribution >= 0.6 is 0 Å². The minimum Gasteiger partial charge on any atom is -0.393 e. The van der Waals surface area contributed by atoms with Crippen molar-refractivity contribution >= 4 is 0 Å². The standard InChI is InChI=1S/C10H19NO/c1-7-9(12)5-4-8-3-2-6-11-10(7)8/h7-12H,2-6H2,1H3. The molecule has 0 spiro atoms. The Bertz CT molecular complexity index is 158. The molecule has 0 amide bonds. The summed E-state index contributed by atoms with van der Waals surface area (Å²) in [7, 11) is 0. The molecule has 4 atom stereocenters. The van der Waals surface area contributed by atoms with Gasteiger partial charge in [0.1, 0.15) is 0 Å². The molecule has 2 N–H and O–H groups in total. The van der Waals surface area contributed by atoms with Crippen molar-refractivity contribution in [3.8, 4) is 0 Å². The lowest BCUT2D eigenvalue weighted by atomic mass is 9.72. The third kappa shape index (κ3) is 1.38. The van der Waals surface area contributed by atoms with E-state index in [1.54, 1.807) is 0 Å². The number of rotatable bonds is 0. The minimum absolute atomic E-state index is 0.0585.